The number of rotatable bonds is 11. The van der Waals surface area contributed by atoms with Gasteiger partial charge in [0.25, 0.3) is 31.6 Å². The van der Waals surface area contributed by atoms with E-state index in [1.54, 1.807) is 0 Å². The van der Waals surface area contributed by atoms with Gasteiger partial charge >= 0.3 is 0 Å². The summed E-state index contributed by atoms with van der Waals surface area (Å²) >= 11 is 11.3. The smallest absolute Gasteiger partial charge is 0.262 e. The average Bonchev–Trinajstić information content (AvgIpc) is 2.68. The van der Waals surface area contributed by atoms with Crippen LogP contribution in [0.1, 0.15) is 36.2 Å². The van der Waals surface area contributed by atoms with E-state index in [2.05, 4.69) is 0 Å². The molecule has 0 aliphatic carbocycles. The summed E-state index contributed by atoms with van der Waals surface area (Å²) in [6.45, 7) is 0. The van der Waals surface area contributed by atoms with Crippen LogP contribution in [0, 0.1) is 31.9 Å². The van der Waals surface area contributed by atoms with Gasteiger partial charge in [-0.25, -0.2) is 8.78 Å². The lowest BCUT2D eigenvalue weighted by Crippen LogP contribution is -2.17. The molecule has 0 saturated heterocycles. The van der Waals surface area contributed by atoms with Gasteiger partial charge in [-0.3, -0.25) is 28.6 Å². The van der Waals surface area contributed by atoms with E-state index in [0.717, 1.165) is 0 Å². The van der Waals surface area contributed by atoms with Crippen LogP contribution >= 0.6 is 23.2 Å². The first kappa shape index (κ1) is 29.7. The Morgan fingerprint density at radius 2 is 1.08 bits per heavy atom. The van der Waals surface area contributed by atoms with Gasteiger partial charge in [-0.2, -0.15) is 16.8 Å². The van der Waals surface area contributed by atoms with Crippen molar-refractivity contribution in [3.8, 4) is 0 Å². The first-order valence-electron chi connectivity index (χ1n) is 9.42. The highest BCUT2D eigenvalue weighted by Crippen LogP contribution is 2.39. The first-order valence-corrected chi connectivity index (χ1v) is 13.8. The Morgan fingerprint density at radius 1 is 0.778 bits per heavy atom. The van der Waals surface area contributed by atoms with E-state index in [9.17, 15) is 45.8 Å². The van der Waals surface area contributed by atoms with E-state index in [0.29, 0.717) is 36.8 Å². The molecular formula is C18H16Cl2F2N2O10S2. The van der Waals surface area contributed by atoms with E-state index in [1.165, 1.54) is 0 Å². The topological polar surface area (TPSA) is 173 Å². The second-order valence-corrected chi connectivity index (χ2v) is 11.3. The fraction of sp³-hybridized carbons (Fsp3) is 0.333. The molecule has 36 heavy (non-hydrogen) atoms. The molecule has 0 amide bonds. The summed E-state index contributed by atoms with van der Waals surface area (Å²) in [5.74, 6) is -2.37. The van der Waals surface area contributed by atoms with Crippen LogP contribution in [0.15, 0.2) is 24.3 Å². The van der Waals surface area contributed by atoms with Crippen LogP contribution in [0.5, 0.6) is 0 Å². The SMILES string of the molecule is CS(=O)(=O)O[C@@H](CC[C@H](OS(C)(=O)=O)c1cc([N+](=O)[O-])c(Cl)cc1F)c1cc([N+](=O)[O-])c(Cl)cc1F. The van der Waals surface area contributed by atoms with Crippen molar-refractivity contribution in [2.75, 3.05) is 12.5 Å². The maximum Gasteiger partial charge on any atom is 0.288 e. The van der Waals surface area contributed by atoms with Gasteiger partial charge in [-0.05, 0) is 25.0 Å². The van der Waals surface area contributed by atoms with Crippen LogP contribution in [0.2, 0.25) is 10.0 Å². The first-order chi connectivity index (χ1) is 16.4. The maximum absolute atomic E-state index is 14.6. The quantitative estimate of drug-likeness (QED) is 0.203. The number of nitro groups is 2. The minimum absolute atomic E-state index is 0.556. The summed E-state index contributed by atoms with van der Waals surface area (Å²) in [6.07, 6.45) is -3.58. The van der Waals surface area contributed by atoms with E-state index in [4.69, 9.17) is 31.6 Å². The van der Waals surface area contributed by atoms with E-state index < -0.39 is 99.3 Å². The predicted octanol–water partition coefficient (Wildman–Crippen LogP) is 4.60. The number of hydrogen-bond donors (Lipinski definition) is 0. The van der Waals surface area contributed by atoms with Crippen molar-refractivity contribution < 1.29 is 43.8 Å². The van der Waals surface area contributed by atoms with Crippen molar-refractivity contribution in [2.24, 2.45) is 0 Å². The van der Waals surface area contributed by atoms with Gasteiger partial charge in [0.05, 0.1) is 22.4 Å². The molecule has 0 bridgehead atoms. The molecule has 0 aliphatic rings. The molecule has 2 aromatic rings. The molecule has 0 aromatic heterocycles. The van der Waals surface area contributed by atoms with Crippen LogP contribution < -0.4 is 0 Å². The fourth-order valence-corrected chi connectivity index (χ4v) is 4.80. The van der Waals surface area contributed by atoms with Crippen molar-refractivity contribution >= 4 is 54.8 Å². The minimum atomic E-state index is -4.32. The molecule has 2 rings (SSSR count). The van der Waals surface area contributed by atoms with E-state index in [1.807, 2.05) is 0 Å². The standard InChI is InChI=1S/C18H16Cl2F2N2O10S2/c1-35(29,30)33-17(9-5-15(23(25)26)11(19)7-13(9)21)3-4-18(34-36(2,31)32)10-6-16(24(27)28)12(20)8-14(10)22/h5-8,17-18H,3-4H2,1-2H3/t17-,18-/m0/s1. The summed E-state index contributed by atoms with van der Waals surface area (Å²) in [5, 5.41) is 21.2. The lowest BCUT2D eigenvalue weighted by molar-refractivity contribution is -0.385. The molecule has 0 aliphatic heterocycles. The van der Waals surface area contributed by atoms with Crippen molar-refractivity contribution in [1.29, 1.82) is 0 Å². The van der Waals surface area contributed by atoms with Crippen LogP contribution in [-0.4, -0.2) is 39.2 Å². The zero-order chi connectivity index (χ0) is 27.6. The van der Waals surface area contributed by atoms with Gasteiger partial charge in [0, 0.05) is 23.3 Å². The second-order valence-electron chi connectivity index (χ2n) is 7.32. The molecule has 2 aromatic carbocycles. The molecule has 0 N–H and O–H groups in total. The number of nitro benzene ring substituents is 2. The largest absolute Gasteiger partial charge is 0.288 e. The molecule has 0 radical (unpaired) electrons. The molecule has 18 heteroatoms. The number of hydrogen-bond acceptors (Lipinski definition) is 10. The fourth-order valence-electron chi connectivity index (χ4n) is 3.12. The number of halogens is 4. The summed E-state index contributed by atoms with van der Waals surface area (Å²) in [4.78, 5) is 20.5. The van der Waals surface area contributed by atoms with Crippen LogP contribution in [0.25, 0.3) is 0 Å². The Bertz CT molecular complexity index is 1310. The highest BCUT2D eigenvalue weighted by Gasteiger charge is 2.30. The predicted molar refractivity (Wildman–Crippen MR) is 123 cm³/mol. The molecule has 0 spiro atoms. The van der Waals surface area contributed by atoms with Gasteiger partial charge in [0.15, 0.2) is 0 Å². The summed E-state index contributed by atoms with van der Waals surface area (Å²) in [7, 11) is -8.64. The van der Waals surface area contributed by atoms with Gasteiger partial charge < -0.3 is 0 Å². The normalized spacial score (nSPS) is 13.8. The number of benzene rings is 2. The Kier molecular flexibility index (Phi) is 9.30. The zero-order valence-electron chi connectivity index (χ0n) is 18.2. The Hall–Kier alpha value is -2.50. The van der Waals surface area contributed by atoms with Crippen LogP contribution in [0.3, 0.4) is 0 Å². The van der Waals surface area contributed by atoms with Gasteiger partial charge in [0.1, 0.15) is 33.9 Å². The average molecular weight is 593 g/mol. The van der Waals surface area contributed by atoms with E-state index in [-0.39, 0.29) is 0 Å². The Balaban J connectivity index is 2.58. The lowest BCUT2D eigenvalue weighted by atomic mass is 9.98. The molecule has 0 unspecified atom stereocenters. The monoisotopic (exact) mass is 592 g/mol. The Morgan fingerprint density at radius 3 is 1.33 bits per heavy atom. The van der Waals surface area contributed by atoms with Crippen LogP contribution in [0.4, 0.5) is 20.2 Å². The zero-order valence-corrected chi connectivity index (χ0v) is 21.3. The third kappa shape index (κ3) is 8.01. The van der Waals surface area contributed by atoms with Crippen molar-refractivity contribution in [1.82, 2.24) is 0 Å². The molecule has 198 valence electrons. The third-order valence-electron chi connectivity index (χ3n) is 4.49. The van der Waals surface area contributed by atoms with Gasteiger partial charge in [-0.15, -0.1) is 0 Å². The molecule has 12 nitrogen and oxygen atoms in total. The number of nitrogens with zero attached hydrogens (tertiary/aromatic N) is 2. The molecule has 0 heterocycles. The highest BCUT2D eigenvalue weighted by molar-refractivity contribution is 7.86. The summed E-state index contributed by atoms with van der Waals surface area (Å²) < 4.78 is 86.1. The van der Waals surface area contributed by atoms with E-state index >= 15 is 0 Å². The lowest BCUT2D eigenvalue weighted by Gasteiger charge is -2.22. The molecule has 2 atom stereocenters. The van der Waals surface area contributed by atoms with Gasteiger partial charge in [-0.1, -0.05) is 23.2 Å². The van der Waals surface area contributed by atoms with Crippen molar-refractivity contribution in [2.45, 2.75) is 25.0 Å². The highest BCUT2D eigenvalue weighted by atomic mass is 35.5. The van der Waals surface area contributed by atoms with Gasteiger partial charge in [0.2, 0.25) is 0 Å². The second kappa shape index (κ2) is 11.3. The molecule has 0 fully saturated rings. The molecule has 0 saturated carbocycles. The Labute approximate surface area is 213 Å². The van der Waals surface area contributed by atoms with Crippen molar-refractivity contribution in [3.05, 3.63) is 77.3 Å². The maximum atomic E-state index is 14.6. The summed E-state index contributed by atoms with van der Waals surface area (Å²) in [6, 6.07) is 2.38. The third-order valence-corrected chi connectivity index (χ3v) is 6.26. The minimum Gasteiger partial charge on any atom is -0.262 e. The molecular weight excluding hydrogens is 577 g/mol. The van der Waals surface area contributed by atoms with Crippen LogP contribution in [-0.2, 0) is 28.6 Å². The summed E-state index contributed by atoms with van der Waals surface area (Å²) in [5.41, 5.74) is -2.81. The van der Waals surface area contributed by atoms with Crippen molar-refractivity contribution in [3.63, 3.8) is 0 Å².